The number of nitrogens with zero attached hydrogens (tertiary/aromatic N) is 1. The van der Waals surface area contributed by atoms with Gasteiger partial charge >= 0.3 is 0 Å². The molecule has 0 aliphatic rings. The Morgan fingerprint density at radius 3 is 3.14 bits per heavy atom. The molecule has 4 heteroatoms. The van der Waals surface area contributed by atoms with Crippen molar-refractivity contribution in [2.45, 2.75) is 19.4 Å². The Hall–Kier alpha value is -1.71. The molecule has 74 valence electrons. The molecule has 0 aliphatic heterocycles. The summed E-state index contributed by atoms with van der Waals surface area (Å²) in [6.45, 7) is 2.11. The minimum Gasteiger partial charge on any atom is -0.467 e. The summed E-state index contributed by atoms with van der Waals surface area (Å²) in [5.41, 5.74) is 0.980. The third kappa shape index (κ3) is 1.79. The maximum Gasteiger partial charge on any atom is 0.125 e. The van der Waals surface area contributed by atoms with Crippen molar-refractivity contribution in [1.29, 1.82) is 0 Å². The van der Waals surface area contributed by atoms with Crippen LogP contribution in [-0.2, 0) is 0 Å². The number of aromatic amines is 1. The van der Waals surface area contributed by atoms with E-state index in [1.807, 2.05) is 18.3 Å². The summed E-state index contributed by atoms with van der Waals surface area (Å²) in [6, 6.07) is 4.08. The molecular weight excluding hydrogens is 178 g/mol. The highest BCUT2D eigenvalue weighted by Gasteiger charge is 2.11. The van der Waals surface area contributed by atoms with Gasteiger partial charge in [0.15, 0.2) is 0 Å². The monoisotopic (exact) mass is 191 g/mol. The van der Waals surface area contributed by atoms with Crippen LogP contribution in [0.15, 0.2) is 35.2 Å². The third-order valence-corrected chi connectivity index (χ3v) is 2.13. The zero-order valence-corrected chi connectivity index (χ0v) is 8.03. The molecule has 0 aromatic carbocycles. The fourth-order valence-corrected chi connectivity index (χ4v) is 1.39. The van der Waals surface area contributed by atoms with Crippen LogP contribution in [0.1, 0.15) is 25.1 Å². The molecule has 0 saturated carbocycles. The van der Waals surface area contributed by atoms with Crippen molar-refractivity contribution in [3.63, 3.8) is 0 Å². The van der Waals surface area contributed by atoms with Crippen LogP contribution >= 0.6 is 0 Å². The molecule has 0 radical (unpaired) electrons. The maximum atomic E-state index is 5.34. The second-order valence-electron chi connectivity index (χ2n) is 3.11. The first-order chi connectivity index (χ1) is 6.90. The molecule has 2 heterocycles. The molecule has 1 unspecified atom stereocenters. The zero-order chi connectivity index (χ0) is 9.80. The second-order valence-corrected chi connectivity index (χ2v) is 3.11. The van der Waals surface area contributed by atoms with Gasteiger partial charge in [-0.15, -0.1) is 0 Å². The van der Waals surface area contributed by atoms with E-state index in [0.29, 0.717) is 0 Å². The van der Waals surface area contributed by atoms with Crippen LogP contribution in [0.5, 0.6) is 0 Å². The predicted octanol–water partition coefficient (Wildman–Crippen LogP) is 2.57. The Kier molecular flexibility index (Phi) is 2.53. The molecule has 0 spiro atoms. The van der Waals surface area contributed by atoms with Crippen molar-refractivity contribution in [3.8, 4) is 0 Å². The standard InChI is InChI=1S/C10H13N3O/c1-2-9(10-4-3-5-14-10)13-8-6-11-12-7-8/h3-7,9,13H,2H2,1H3,(H,11,12). The molecule has 14 heavy (non-hydrogen) atoms. The highest BCUT2D eigenvalue weighted by molar-refractivity contribution is 5.39. The quantitative estimate of drug-likeness (QED) is 0.780. The predicted molar refractivity (Wildman–Crippen MR) is 54.0 cm³/mol. The molecule has 2 rings (SSSR count). The van der Waals surface area contributed by atoms with Crippen molar-refractivity contribution in [1.82, 2.24) is 10.2 Å². The number of H-pyrrole nitrogens is 1. The van der Waals surface area contributed by atoms with Gasteiger partial charge in [0.2, 0.25) is 0 Å². The minimum atomic E-state index is 0.211. The fraction of sp³-hybridized carbons (Fsp3) is 0.300. The number of rotatable bonds is 4. The summed E-state index contributed by atoms with van der Waals surface area (Å²) in [7, 11) is 0. The first kappa shape index (κ1) is 8.87. The SMILES string of the molecule is CCC(Nc1cn[nH]c1)c1ccco1. The fourth-order valence-electron chi connectivity index (χ4n) is 1.39. The summed E-state index contributed by atoms with van der Waals surface area (Å²) in [5.74, 6) is 0.953. The summed E-state index contributed by atoms with van der Waals surface area (Å²) in [4.78, 5) is 0. The lowest BCUT2D eigenvalue weighted by atomic mass is 10.1. The molecule has 0 bridgehead atoms. The normalized spacial score (nSPS) is 12.6. The molecule has 4 nitrogen and oxygen atoms in total. The summed E-state index contributed by atoms with van der Waals surface area (Å²) in [6.07, 6.45) is 6.24. The molecule has 0 saturated heterocycles. The lowest BCUT2D eigenvalue weighted by molar-refractivity contribution is 0.474. The molecule has 2 aromatic heterocycles. The highest BCUT2D eigenvalue weighted by atomic mass is 16.3. The van der Waals surface area contributed by atoms with Crippen LogP contribution in [-0.4, -0.2) is 10.2 Å². The van der Waals surface area contributed by atoms with E-state index in [0.717, 1.165) is 17.9 Å². The van der Waals surface area contributed by atoms with Crippen LogP contribution in [0, 0.1) is 0 Å². The van der Waals surface area contributed by atoms with Crippen LogP contribution in [0.25, 0.3) is 0 Å². The average molecular weight is 191 g/mol. The van der Waals surface area contributed by atoms with Gasteiger partial charge in [-0.05, 0) is 18.6 Å². The Balaban J connectivity index is 2.08. The van der Waals surface area contributed by atoms with Crippen molar-refractivity contribution in [3.05, 3.63) is 36.5 Å². The van der Waals surface area contributed by atoms with Gasteiger partial charge in [0.25, 0.3) is 0 Å². The van der Waals surface area contributed by atoms with E-state index in [-0.39, 0.29) is 6.04 Å². The number of furan rings is 1. The lowest BCUT2D eigenvalue weighted by Gasteiger charge is -2.13. The topological polar surface area (TPSA) is 53.9 Å². The van der Waals surface area contributed by atoms with Gasteiger partial charge in [-0.1, -0.05) is 6.92 Å². The van der Waals surface area contributed by atoms with Crippen LogP contribution in [0.4, 0.5) is 5.69 Å². The summed E-state index contributed by atoms with van der Waals surface area (Å²) >= 11 is 0. The van der Waals surface area contributed by atoms with Gasteiger partial charge in [0.05, 0.1) is 24.2 Å². The molecule has 0 amide bonds. The van der Waals surface area contributed by atoms with Crippen molar-refractivity contribution < 1.29 is 4.42 Å². The first-order valence-corrected chi connectivity index (χ1v) is 4.69. The summed E-state index contributed by atoms with van der Waals surface area (Å²) in [5, 5.41) is 9.96. The Labute approximate surface area is 82.3 Å². The zero-order valence-electron chi connectivity index (χ0n) is 8.03. The number of hydrogen-bond acceptors (Lipinski definition) is 3. The van der Waals surface area contributed by atoms with Gasteiger partial charge in [-0.25, -0.2) is 0 Å². The van der Waals surface area contributed by atoms with E-state index >= 15 is 0 Å². The smallest absolute Gasteiger partial charge is 0.125 e. The number of hydrogen-bond donors (Lipinski definition) is 2. The average Bonchev–Trinajstić information content (AvgIpc) is 2.86. The van der Waals surface area contributed by atoms with E-state index < -0.39 is 0 Å². The molecule has 0 aliphatic carbocycles. The van der Waals surface area contributed by atoms with Crippen molar-refractivity contribution >= 4 is 5.69 Å². The molecule has 1 atom stereocenters. The first-order valence-electron chi connectivity index (χ1n) is 4.69. The largest absolute Gasteiger partial charge is 0.467 e. The van der Waals surface area contributed by atoms with E-state index in [4.69, 9.17) is 4.42 Å². The van der Waals surface area contributed by atoms with Crippen LogP contribution < -0.4 is 5.32 Å². The summed E-state index contributed by atoms with van der Waals surface area (Å²) < 4.78 is 5.34. The number of nitrogens with one attached hydrogen (secondary N) is 2. The third-order valence-electron chi connectivity index (χ3n) is 2.13. The molecular formula is C10H13N3O. The van der Waals surface area contributed by atoms with Crippen molar-refractivity contribution in [2.24, 2.45) is 0 Å². The second kappa shape index (κ2) is 4.00. The Bertz CT molecular complexity index is 353. The Morgan fingerprint density at radius 2 is 2.57 bits per heavy atom. The molecule has 2 N–H and O–H groups in total. The number of aromatic nitrogens is 2. The maximum absolute atomic E-state index is 5.34. The van der Waals surface area contributed by atoms with Gasteiger partial charge < -0.3 is 9.73 Å². The lowest BCUT2D eigenvalue weighted by Crippen LogP contribution is -2.07. The Morgan fingerprint density at radius 1 is 1.64 bits per heavy atom. The van der Waals surface area contributed by atoms with Crippen molar-refractivity contribution in [2.75, 3.05) is 5.32 Å². The van der Waals surface area contributed by atoms with E-state index in [1.54, 1.807) is 12.5 Å². The van der Waals surface area contributed by atoms with Gasteiger partial charge in [0, 0.05) is 6.20 Å². The van der Waals surface area contributed by atoms with Crippen LogP contribution in [0.3, 0.4) is 0 Å². The van der Waals surface area contributed by atoms with Crippen LogP contribution in [0.2, 0.25) is 0 Å². The van der Waals surface area contributed by atoms with Gasteiger partial charge in [-0.2, -0.15) is 5.10 Å². The molecule has 2 aromatic rings. The van der Waals surface area contributed by atoms with Gasteiger partial charge in [0.1, 0.15) is 5.76 Å². The van der Waals surface area contributed by atoms with Gasteiger partial charge in [-0.3, -0.25) is 5.10 Å². The highest BCUT2D eigenvalue weighted by Crippen LogP contribution is 2.21. The molecule has 0 fully saturated rings. The minimum absolute atomic E-state index is 0.211. The van der Waals surface area contributed by atoms with E-state index in [2.05, 4.69) is 22.4 Å². The van der Waals surface area contributed by atoms with E-state index in [1.165, 1.54) is 0 Å². The number of anilines is 1. The van der Waals surface area contributed by atoms with E-state index in [9.17, 15) is 0 Å².